The number of aromatic hydroxyl groups is 1. The van der Waals surface area contributed by atoms with E-state index in [1.807, 2.05) is 0 Å². The maximum Gasteiger partial charge on any atom is 0.247 e. The molecule has 0 radical (unpaired) electrons. The molecule has 8 nitrogen and oxygen atoms in total. The monoisotopic (exact) mass is 389 g/mol. The van der Waals surface area contributed by atoms with E-state index in [-0.39, 0.29) is 17.9 Å². The zero-order valence-corrected chi connectivity index (χ0v) is 15.1. The average Bonchev–Trinajstić information content (AvgIpc) is 2.62. The van der Waals surface area contributed by atoms with E-state index in [2.05, 4.69) is 10.6 Å². The molecule has 148 valence electrons. The Morgan fingerprint density at radius 2 is 1.96 bits per heavy atom. The van der Waals surface area contributed by atoms with Crippen molar-refractivity contribution in [1.29, 1.82) is 0 Å². The summed E-state index contributed by atoms with van der Waals surface area (Å²) < 4.78 is 18.3. The molecule has 0 aliphatic heterocycles. The van der Waals surface area contributed by atoms with E-state index >= 15 is 0 Å². The minimum Gasteiger partial charge on any atom is -0.506 e. The summed E-state index contributed by atoms with van der Waals surface area (Å²) in [7, 11) is 1.42. The summed E-state index contributed by atoms with van der Waals surface area (Å²) in [6.07, 6.45) is -0.643. The molecule has 2 aromatic rings. The number of halogens is 1. The largest absolute Gasteiger partial charge is 0.506 e. The number of methoxy groups -OCH3 is 1. The molecule has 0 saturated carbocycles. The number of amides is 3. The van der Waals surface area contributed by atoms with Crippen LogP contribution in [0.1, 0.15) is 12.0 Å². The Morgan fingerprint density at radius 1 is 1.21 bits per heavy atom. The first kappa shape index (κ1) is 20.7. The van der Waals surface area contributed by atoms with E-state index < -0.39 is 36.0 Å². The Kier molecular flexibility index (Phi) is 6.91. The van der Waals surface area contributed by atoms with Gasteiger partial charge in [-0.05, 0) is 29.8 Å². The van der Waals surface area contributed by atoms with Crippen LogP contribution in [-0.4, -0.2) is 36.0 Å². The molecule has 9 heteroatoms. The molecule has 0 aliphatic rings. The lowest BCUT2D eigenvalue weighted by Crippen LogP contribution is -2.46. The van der Waals surface area contributed by atoms with Gasteiger partial charge in [0, 0.05) is 6.07 Å². The van der Waals surface area contributed by atoms with Crippen molar-refractivity contribution in [1.82, 2.24) is 5.32 Å². The van der Waals surface area contributed by atoms with E-state index in [9.17, 15) is 23.9 Å². The number of phenols is 1. The maximum atomic E-state index is 13.2. The van der Waals surface area contributed by atoms with Crippen LogP contribution in [0.15, 0.2) is 42.5 Å². The van der Waals surface area contributed by atoms with Gasteiger partial charge < -0.3 is 26.2 Å². The number of rotatable bonds is 8. The van der Waals surface area contributed by atoms with Gasteiger partial charge >= 0.3 is 0 Å². The molecule has 3 amide bonds. The number of hydrogen-bond acceptors (Lipinski definition) is 5. The highest BCUT2D eigenvalue weighted by molar-refractivity contribution is 6.00. The van der Waals surface area contributed by atoms with Gasteiger partial charge in [-0.25, -0.2) is 4.39 Å². The van der Waals surface area contributed by atoms with Crippen LogP contribution in [-0.2, 0) is 20.8 Å². The molecular formula is C19H20FN3O5. The lowest BCUT2D eigenvalue weighted by atomic mass is 10.1. The van der Waals surface area contributed by atoms with Gasteiger partial charge in [-0.3, -0.25) is 14.4 Å². The van der Waals surface area contributed by atoms with Crippen molar-refractivity contribution in [3.05, 3.63) is 53.8 Å². The van der Waals surface area contributed by atoms with E-state index in [0.29, 0.717) is 11.3 Å². The molecule has 2 rings (SSSR count). The van der Waals surface area contributed by atoms with Crippen LogP contribution in [0.4, 0.5) is 10.1 Å². The Hall–Kier alpha value is -3.62. The third kappa shape index (κ3) is 5.97. The predicted octanol–water partition coefficient (Wildman–Crippen LogP) is 1.08. The number of carbonyl (C=O) groups excluding carboxylic acids is 3. The van der Waals surface area contributed by atoms with Crippen molar-refractivity contribution >= 4 is 23.4 Å². The van der Waals surface area contributed by atoms with Gasteiger partial charge in [-0.15, -0.1) is 0 Å². The summed E-state index contributed by atoms with van der Waals surface area (Å²) in [5.74, 6) is -2.49. The number of carbonyl (C=O) groups is 3. The number of nitrogens with one attached hydrogen (secondary N) is 2. The number of ether oxygens (including phenoxy) is 1. The predicted molar refractivity (Wildman–Crippen MR) is 99.1 cm³/mol. The molecular weight excluding hydrogens is 369 g/mol. The molecule has 1 unspecified atom stereocenters. The summed E-state index contributed by atoms with van der Waals surface area (Å²) >= 11 is 0. The minimum absolute atomic E-state index is 0.0400. The van der Waals surface area contributed by atoms with Crippen molar-refractivity contribution in [2.45, 2.75) is 18.9 Å². The first-order chi connectivity index (χ1) is 13.3. The fourth-order valence-electron chi connectivity index (χ4n) is 2.45. The van der Waals surface area contributed by atoms with Crippen LogP contribution in [0, 0.1) is 5.82 Å². The van der Waals surface area contributed by atoms with E-state index in [1.165, 1.54) is 43.5 Å². The molecule has 0 heterocycles. The Morgan fingerprint density at radius 3 is 2.61 bits per heavy atom. The van der Waals surface area contributed by atoms with E-state index in [0.717, 1.165) is 0 Å². The van der Waals surface area contributed by atoms with Gasteiger partial charge in [-0.1, -0.05) is 12.1 Å². The van der Waals surface area contributed by atoms with Gasteiger partial charge in [0.25, 0.3) is 0 Å². The van der Waals surface area contributed by atoms with Gasteiger partial charge in [-0.2, -0.15) is 0 Å². The van der Waals surface area contributed by atoms with Gasteiger partial charge in [0.05, 0.1) is 25.6 Å². The van der Waals surface area contributed by atoms with Gasteiger partial charge in [0.2, 0.25) is 17.7 Å². The molecule has 0 bridgehead atoms. The molecule has 28 heavy (non-hydrogen) atoms. The summed E-state index contributed by atoms with van der Waals surface area (Å²) in [6.45, 7) is 0. The van der Waals surface area contributed by atoms with Gasteiger partial charge in [0.1, 0.15) is 23.4 Å². The molecule has 0 aliphatic carbocycles. The number of benzene rings is 2. The molecule has 2 aromatic carbocycles. The second-order valence-corrected chi connectivity index (χ2v) is 5.97. The number of anilines is 1. The van der Waals surface area contributed by atoms with Crippen molar-refractivity contribution < 1.29 is 28.6 Å². The summed E-state index contributed by atoms with van der Waals surface area (Å²) in [5.41, 5.74) is 5.60. The van der Waals surface area contributed by atoms with Crippen LogP contribution in [0.3, 0.4) is 0 Å². The van der Waals surface area contributed by atoms with Crippen molar-refractivity contribution in [2.24, 2.45) is 5.73 Å². The molecule has 0 saturated heterocycles. The lowest BCUT2D eigenvalue weighted by Gasteiger charge is -2.18. The lowest BCUT2D eigenvalue weighted by molar-refractivity contribution is -0.128. The summed E-state index contributed by atoms with van der Waals surface area (Å²) in [5, 5.41) is 14.7. The van der Waals surface area contributed by atoms with Gasteiger partial charge in [0.15, 0.2) is 0 Å². The zero-order chi connectivity index (χ0) is 20.7. The van der Waals surface area contributed by atoms with Crippen molar-refractivity contribution in [2.75, 3.05) is 12.4 Å². The Bertz CT molecular complexity index is 888. The number of primary amides is 1. The van der Waals surface area contributed by atoms with Crippen LogP contribution in [0.5, 0.6) is 11.5 Å². The fraction of sp³-hybridized carbons (Fsp3) is 0.211. The number of phenolic OH excluding ortho intramolecular Hbond substituents is 1. The standard InChI is InChI=1S/C19H20FN3O5/c1-28-13-5-6-16(24)14(9-13)23-19(27)15(10-17(21)25)22-18(26)8-11-3-2-4-12(20)7-11/h2-7,9,15,24H,8,10H2,1H3,(H2,21,25)(H,22,26)(H,23,27). The van der Waals surface area contributed by atoms with Crippen LogP contribution < -0.4 is 21.1 Å². The Labute approximate surface area is 160 Å². The SMILES string of the molecule is COc1ccc(O)c(NC(=O)C(CC(N)=O)NC(=O)Cc2cccc(F)c2)c1. The first-order valence-corrected chi connectivity index (χ1v) is 8.28. The van der Waals surface area contributed by atoms with E-state index in [1.54, 1.807) is 6.07 Å². The molecule has 0 fully saturated rings. The smallest absolute Gasteiger partial charge is 0.247 e. The minimum atomic E-state index is -1.27. The van der Waals surface area contributed by atoms with Crippen molar-refractivity contribution in [3.8, 4) is 11.5 Å². The van der Waals surface area contributed by atoms with Crippen molar-refractivity contribution in [3.63, 3.8) is 0 Å². The highest BCUT2D eigenvalue weighted by atomic mass is 19.1. The highest BCUT2D eigenvalue weighted by Gasteiger charge is 2.24. The fourth-order valence-corrected chi connectivity index (χ4v) is 2.45. The topological polar surface area (TPSA) is 131 Å². The quantitative estimate of drug-likeness (QED) is 0.502. The molecule has 5 N–H and O–H groups in total. The first-order valence-electron chi connectivity index (χ1n) is 8.28. The third-order valence-corrected chi connectivity index (χ3v) is 3.77. The molecule has 1 atom stereocenters. The second kappa shape index (κ2) is 9.36. The Balaban J connectivity index is 2.10. The normalized spacial score (nSPS) is 11.4. The highest BCUT2D eigenvalue weighted by Crippen LogP contribution is 2.28. The van der Waals surface area contributed by atoms with Crippen LogP contribution in [0.2, 0.25) is 0 Å². The summed E-state index contributed by atoms with van der Waals surface area (Å²) in [6, 6.07) is 8.36. The molecule has 0 spiro atoms. The van der Waals surface area contributed by atoms with Crippen LogP contribution in [0.25, 0.3) is 0 Å². The maximum absolute atomic E-state index is 13.2. The van der Waals surface area contributed by atoms with Crippen LogP contribution >= 0.6 is 0 Å². The number of hydrogen-bond donors (Lipinski definition) is 4. The summed E-state index contributed by atoms with van der Waals surface area (Å²) in [4.78, 5) is 36.0. The average molecular weight is 389 g/mol. The second-order valence-electron chi connectivity index (χ2n) is 5.97. The zero-order valence-electron chi connectivity index (χ0n) is 15.1. The molecule has 0 aromatic heterocycles. The van der Waals surface area contributed by atoms with E-state index in [4.69, 9.17) is 10.5 Å². The number of nitrogens with two attached hydrogens (primary N) is 1. The third-order valence-electron chi connectivity index (χ3n) is 3.77.